The molecule has 90 valence electrons. The van der Waals surface area contributed by atoms with E-state index in [1.54, 1.807) is 17.9 Å². The number of hydrogen-bond acceptors (Lipinski definition) is 5. The van der Waals surface area contributed by atoms with Crippen molar-refractivity contribution >= 4 is 21.3 Å². The number of sulfone groups is 1. The average Bonchev–Trinajstić information content (AvgIpc) is 2.68. The Bertz CT molecular complexity index is 494. The number of aromatic nitrogens is 2. The highest BCUT2D eigenvalue weighted by atomic mass is 32.2. The van der Waals surface area contributed by atoms with Gasteiger partial charge in [-0.25, -0.2) is 8.42 Å². The third-order valence-electron chi connectivity index (χ3n) is 2.93. The zero-order chi connectivity index (χ0) is 11.9. The lowest BCUT2D eigenvalue weighted by atomic mass is 10.2. The minimum Gasteiger partial charge on any atom is -0.394 e. The van der Waals surface area contributed by atoms with Crippen molar-refractivity contribution in [3.63, 3.8) is 0 Å². The molecule has 0 bridgehead atoms. The van der Waals surface area contributed by atoms with Gasteiger partial charge < -0.3 is 10.6 Å². The van der Waals surface area contributed by atoms with Crippen molar-refractivity contribution in [3.05, 3.63) is 6.20 Å². The molecule has 0 spiro atoms. The average molecular weight is 244 g/mol. The van der Waals surface area contributed by atoms with E-state index in [1.807, 2.05) is 11.9 Å². The van der Waals surface area contributed by atoms with Crippen molar-refractivity contribution in [2.45, 2.75) is 12.5 Å². The molecular weight excluding hydrogens is 228 g/mol. The Kier molecular flexibility index (Phi) is 2.57. The molecule has 1 aliphatic rings. The molecule has 7 heteroatoms. The number of anilines is 2. The number of nitrogens with zero attached hydrogens (tertiary/aromatic N) is 3. The fraction of sp³-hybridized carbons (Fsp3) is 0.667. The van der Waals surface area contributed by atoms with Crippen LogP contribution in [0.25, 0.3) is 0 Å². The Hall–Kier alpha value is -1.24. The van der Waals surface area contributed by atoms with Crippen LogP contribution in [0, 0.1) is 0 Å². The van der Waals surface area contributed by atoms with Crippen molar-refractivity contribution in [1.29, 1.82) is 0 Å². The molecule has 0 aliphatic carbocycles. The molecule has 2 heterocycles. The monoisotopic (exact) mass is 244 g/mol. The highest BCUT2D eigenvalue weighted by Gasteiger charge is 2.32. The number of rotatable bonds is 2. The van der Waals surface area contributed by atoms with Gasteiger partial charge in [0.1, 0.15) is 0 Å². The molecule has 0 amide bonds. The van der Waals surface area contributed by atoms with Crippen molar-refractivity contribution < 1.29 is 8.42 Å². The van der Waals surface area contributed by atoms with E-state index in [9.17, 15) is 8.42 Å². The predicted octanol–water partition coefficient (Wildman–Crippen LogP) is -0.374. The second-order valence-electron chi connectivity index (χ2n) is 4.25. The fourth-order valence-electron chi connectivity index (χ4n) is 2.02. The summed E-state index contributed by atoms with van der Waals surface area (Å²) in [5.41, 5.74) is 6.38. The molecule has 1 aromatic heterocycles. The summed E-state index contributed by atoms with van der Waals surface area (Å²) in [6.07, 6.45) is 2.37. The van der Waals surface area contributed by atoms with Gasteiger partial charge in [0.05, 0.1) is 17.2 Å². The van der Waals surface area contributed by atoms with Gasteiger partial charge in [0.25, 0.3) is 0 Å². The van der Waals surface area contributed by atoms with E-state index in [0.717, 1.165) is 0 Å². The normalized spacial score (nSPS) is 23.5. The van der Waals surface area contributed by atoms with Gasteiger partial charge in [-0.05, 0) is 6.42 Å². The van der Waals surface area contributed by atoms with Crippen molar-refractivity contribution in [1.82, 2.24) is 9.78 Å². The maximum atomic E-state index is 11.4. The lowest BCUT2D eigenvalue weighted by molar-refractivity contribution is 0.600. The first-order chi connectivity index (χ1) is 7.39. The van der Waals surface area contributed by atoms with Gasteiger partial charge >= 0.3 is 0 Å². The van der Waals surface area contributed by atoms with Crippen LogP contribution in [0.15, 0.2) is 6.20 Å². The first-order valence-electron chi connectivity index (χ1n) is 5.11. The zero-order valence-electron chi connectivity index (χ0n) is 9.42. The SMILES string of the molecule is CN(c1nn(C)cc1N)C1CCS(=O)(=O)C1. The summed E-state index contributed by atoms with van der Waals surface area (Å²) >= 11 is 0. The number of nitrogens with two attached hydrogens (primary N) is 1. The summed E-state index contributed by atoms with van der Waals surface area (Å²) in [7, 11) is 0.757. The molecule has 1 atom stereocenters. The van der Waals surface area contributed by atoms with E-state index < -0.39 is 9.84 Å². The maximum Gasteiger partial charge on any atom is 0.173 e. The van der Waals surface area contributed by atoms with Gasteiger partial charge in [-0.15, -0.1) is 0 Å². The summed E-state index contributed by atoms with van der Waals surface area (Å²) in [6, 6.07) is -0.0119. The van der Waals surface area contributed by atoms with Gasteiger partial charge in [-0.3, -0.25) is 4.68 Å². The van der Waals surface area contributed by atoms with Gasteiger partial charge in [-0.2, -0.15) is 5.10 Å². The summed E-state index contributed by atoms with van der Waals surface area (Å²) in [5, 5.41) is 4.23. The van der Waals surface area contributed by atoms with Crippen LogP contribution in [0.2, 0.25) is 0 Å². The van der Waals surface area contributed by atoms with E-state index in [-0.39, 0.29) is 17.5 Å². The molecule has 0 radical (unpaired) electrons. The molecule has 1 aromatic rings. The van der Waals surface area contributed by atoms with Crippen LogP contribution in [-0.2, 0) is 16.9 Å². The smallest absolute Gasteiger partial charge is 0.173 e. The molecule has 1 fully saturated rings. The second kappa shape index (κ2) is 3.65. The molecule has 6 nitrogen and oxygen atoms in total. The predicted molar refractivity (Wildman–Crippen MR) is 63.1 cm³/mol. The quantitative estimate of drug-likeness (QED) is 0.767. The molecule has 1 saturated heterocycles. The molecule has 0 aromatic carbocycles. The van der Waals surface area contributed by atoms with Crippen LogP contribution in [0.4, 0.5) is 11.5 Å². The fourth-order valence-corrected chi connectivity index (χ4v) is 3.80. The van der Waals surface area contributed by atoms with Crippen LogP contribution in [-0.4, -0.2) is 42.8 Å². The Morgan fingerprint density at radius 3 is 2.75 bits per heavy atom. The molecule has 0 saturated carbocycles. The zero-order valence-corrected chi connectivity index (χ0v) is 10.2. The topological polar surface area (TPSA) is 81.2 Å². The minimum absolute atomic E-state index is 0.0119. The van der Waals surface area contributed by atoms with Crippen molar-refractivity contribution in [3.8, 4) is 0 Å². The molecule has 1 unspecified atom stereocenters. The molecule has 2 N–H and O–H groups in total. The number of aryl methyl sites for hydroxylation is 1. The molecule has 2 rings (SSSR count). The summed E-state index contributed by atoms with van der Waals surface area (Å²) in [4.78, 5) is 1.86. The van der Waals surface area contributed by atoms with Crippen molar-refractivity contribution in [2.24, 2.45) is 7.05 Å². The van der Waals surface area contributed by atoms with Gasteiger partial charge in [0.2, 0.25) is 0 Å². The number of hydrogen-bond donors (Lipinski definition) is 1. The highest BCUT2D eigenvalue weighted by molar-refractivity contribution is 7.91. The maximum absolute atomic E-state index is 11.4. The first-order valence-corrected chi connectivity index (χ1v) is 6.93. The van der Waals surface area contributed by atoms with Crippen molar-refractivity contribution in [2.75, 3.05) is 29.2 Å². The first kappa shape index (κ1) is 11.3. The summed E-state index contributed by atoms with van der Waals surface area (Å²) in [6.45, 7) is 0. The van der Waals surface area contributed by atoms with E-state index in [2.05, 4.69) is 5.10 Å². The Morgan fingerprint density at radius 2 is 2.31 bits per heavy atom. The molecule has 16 heavy (non-hydrogen) atoms. The summed E-state index contributed by atoms with van der Waals surface area (Å²) in [5.74, 6) is 1.11. The Balaban J connectivity index is 2.20. The lowest BCUT2D eigenvalue weighted by Gasteiger charge is -2.23. The van der Waals surface area contributed by atoms with Gasteiger partial charge in [-0.1, -0.05) is 0 Å². The molecule has 1 aliphatic heterocycles. The van der Waals surface area contributed by atoms with Crippen LogP contribution >= 0.6 is 0 Å². The lowest BCUT2D eigenvalue weighted by Crippen LogP contribution is -2.33. The Labute approximate surface area is 94.9 Å². The van der Waals surface area contributed by atoms with Gasteiger partial charge in [0, 0.05) is 26.3 Å². The van der Waals surface area contributed by atoms with Crippen LogP contribution in [0.5, 0.6) is 0 Å². The second-order valence-corrected chi connectivity index (χ2v) is 6.48. The summed E-state index contributed by atoms with van der Waals surface area (Å²) < 4.78 is 24.4. The standard InChI is InChI=1S/C9H16N4O2S/c1-12-5-8(10)9(11-12)13(2)7-3-4-16(14,15)6-7/h5,7H,3-4,6,10H2,1-2H3. The Morgan fingerprint density at radius 1 is 1.62 bits per heavy atom. The van der Waals surface area contributed by atoms with E-state index in [0.29, 0.717) is 17.9 Å². The van der Waals surface area contributed by atoms with Crippen LogP contribution in [0.1, 0.15) is 6.42 Å². The third-order valence-corrected chi connectivity index (χ3v) is 4.68. The third kappa shape index (κ3) is 1.99. The van der Waals surface area contributed by atoms with E-state index in [1.165, 1.54) is 0 Å². The minimum atomic E-state index is -2.87. The largest absolute Gasteiger partial charge is 0.394 e. The van der Waals surface area contributed by atoms with E-state index in [4.69, 9.17) is 5.73 Å². The molecular formula is C9H16N4O2S. The number of nitrogen functional groups attached to an aromatic ring is 1. The van der Waals surface area contributed by atoms with Crippen LogP contribution < -0.4 is 10.6 Å². The van der Waals surface area contributed by atoms with E-state index >= 15 is 0 Å². The van der Waals surface area contributed by atoms with Gasteiger partial charge in [0.15, 0.2) is 15.7 Å². The van der Waals surface area contributed by atoms with Crippen LogP contribution in [0.3, 0.4) is 0 Å². The highest BCUT2D eigenvalue weighted by Crippen LogP contribution is 2.25.